The van der Waals surface area contributed by atoms with Crippen molar-refractivity contribution in [3.05, 3.63) is 0 Å². The van der Waals surface area contributed by atoms with E-state index in [-0.39, 0.29) is 6.04 Å². The van der Waals surface area contributed by atoms with E-state index in [2.05, 4.69) is 22.0 Å². The molecule has 0 radical (unpaired) electrons. The van der Waals surface area contributed by atoms with Gasteiger partial charge in [0.25, 0.3) is 0 Å². The van der Waals surface area contributed by atoms with E-state index in [1.54, 1.807) is 7.11 Å². The van der Waals surface area contributed by atoms with E-state index in [4.69, 9.17) is 10.6 Å². The average molecular weight is 234 g/mol. The van der Waals surface area contributed by atoms with Crippen LogP contribution in [0.5, 0.6) is 0 Å². The van der Waals surface area contributed by atoms with E-state index < -0.39 is 0 Å². The Morgan fingerprint density at radius 2 is 2.33 bits per heavy atom. The number of methoxy groups -OCH3 is 1. The molecular weight excluding hydrogens is 212 g/mol. The Labute approximate surface area is 96.2 Å². The lowest BCUT2D eigenvalue weighted by Crippen LogP contribution is -2.46. The first kappa shape index (κ1) is 14.5. The molecule has 0 aromatic carbocycles. The first-order chi connectivity index (χ1) is 7.24. The Kier molecular flexibility index (Phi) is 9.76. The number of nitrogens with two attached hydrogens (primary N) is 1. The molecule has 1 atom stereocenters. The molecule has 0 aromatic rings. The Morgan fingerprint density at radius 3 is 2.87 bits per heavy atom. The van der Waals surface area contributed by atoms with Crippen LogP contribution in [-0.2, 0) is 4.74 Å². The minimum Gasteiger partial charge on any atom is -0.383 e. The summed E-state index contributed by atoms with van der Waals surface area (Å²) in [5, 5.41) is 3.13. The second-order valence-electron chi connectivity index (χ2n) is 3.22. The quantitative estimate of drug-likeness (QED) is 0.193. The summed E-state index contributed by atoms with van der Waals surface area (Å²) in [6, 6.07) is 0.199. The van der Waals surface area contributed by atoms with Gasteiger partial charge in [0.05, 0.1) is 6.61 Å². The molecule has 5 nitrogen and oxygen atoms in total. The van der Waals surface area contributed by atoms with Crippen LogP contribution in [0.1, 0.15) is 13.3 Å². The molecule has 0 heterocycles. The molecule has 0 amide bonds. The number of nitrogens with one attached hydrogen (secondary N) is 2. The molecule has 0 rings (SSSR count). The SMILES string of the molecule is COCC(C)NC(=NCCCSC)NN. The zero-order valence-electron chi connectivity index (χ0n) is 9.75. The number of rotatable bonds is 7. The molecule has 90 valence electrons. The van der Waals surface area contributed by atoms with Crippen molar-refractivity contribution in [2.75, 3.05) is 32.3 Å². The lowest BCUT2D eigenvalue weighted by atomic mass is 10.4. The molecule has 0 aliphatic rings. The molecule has 0 saturated carbocycles. The molecule has 0 fully saturated rings. The highest BCUT2D eigenvalue weighted by molar-refractivity contribution is 7.98. The van der Waals surface area contributed by atoms with Gasteiger partial charge in [-0.25, -0.2) is 5.84 Å². The zero-order valence-corrected chi connectivity index (χ0v) is 10.6. The van der Waals surface area contributed by atoms with E-state index in [1.807, 2.05) is 18.7 Å². The molecule has 15 heavy (non-hydrogen) atoms. The van der Waals surface area contributed by atoms with Crippen molar-refractivity contribution < 1.29 is 4.74 Å². The first-order valence-corrected chi connectivity index (χ1v) is 6.39. The number of guanidine groups is 1. The minimum absolute atomic E-state index is 0.199. The second kappa shape index (κ2) is 10.1. The van der Waals surface area contributed by atoms with Crippen LogP contribution in [0, 0.1) is 0 Å². The van der Waals surface area contributed by atoms with E-state index in [9.17, 15) is 0 Å². The zero-order chi connectivity index (χ0) is 11.5. The molecular formula is C9H22N4OS. The molecule has 0 bridgehead atoms. The van der Waals surface area contributed by atoms with Gasteiger partial charge in [-0.05, 0) is 25.4 Å². The van der Waals surface area contributed by atoms with Crippen LogP contribution < -0.4 is 16.6 Å². The van der Waals surface area contributed by atoms with Crippen molar-refractivity contribution in [1.29, 1.82) is 0 Å². The highest BCUT2D eigenvalue weighted by Gasteiger charge is 2.02. The first-order valence-electron chi connectivity index (χ1n) is 5.00. The van der Waals surface area contributed by atoms with Gasteiger partial charge in [-0.15, -0.1) is 0 Å². The molecule has 0 aliphatic heterocycles. The number of nitrogens with zero attached hydrogens (tertiary/aromatic N) is 1. The van der Waals surface area contributed by atoms with Crippen LogP contribution in [0.3, 0.4) is 0 Å². The van der Waals surface area contributed by atoms with Gasteiger partial charge in [-0.2, -0.15) is 11.8 Å². The van der Waals surface area contributed by atoms with Crippen LogP contribution in [0.25, 0.3) is 0 Å². The molecule has 0 saturated heterocycles. The van der Waals surface area contributed by atoms with Gasteiger partial charge in [0.15, 0.2) is 0 Å². The standard InChI is InChI=1S/C9H22N4OS/c1-8(7-14-2)12-9(13-10)11-5-4-6-15-3/h8H,4-7,10H2,1-3H3,(H2,11,12,13). The molecule has 4 N–H and O–H groups in total. The van der Waals surface area contributed by atoms with E-state index in [1.165, 1.54) is 0 Å². The van der Waals surface area contributed by atoms with Crippen molar-refractivity contribution in [2.45, 2.75) is 19.4 Å². The fraction of sp³-hybridized carbons (Fsp3) is 0.889. The molecule has 0 aromatic heterocycles. The summed E-state index contributed by atoms with van der Waals surface area (Å²) >= 11 is 1.82. The lowest BCUT2D eigenvalue weighted by molar-refractivity contribution is 0.179. The Bertz CT molecular complexity index is 177. The third-order valence-corrected chi connectivity index (χ3v) is 2.41. The predicted octanol–water partition coefficient (Wildman–Crippen LogP) is 0.183. The average Bonchev–Trinajstić information content (AvgIpc) is 2.23. The predicted molar refractivity (Wildman–Crippen MR) is 67.1 cm³/mol. The van der Waals surface area contributed by atoms with Crippen LogP contribution >= 0.6 is 11.8 Å². The Hall–Kier alpha value is -0.460. The number of hydrazine groups is 1. The van der Waals surface area contributed by atoms with Crippen molar-refractivity contribution >= 4 is 17.7 Å². The van der Waals surface area contributed by atoms with Crippen LogP contribution in [-0.4, -0.2) is 44.3 Å². The van der Waals surface area contributed by atoms with Crippen LogP contribution in [0.15, 0.2) is 4.99 Å². The van der Waals surface area contributed by atoms with E-state index in [0.29, 0.717) is 12.6 Å². The maximum Gasteiger partial charge on any atom is 0.206 e. The molecule has 6 heteroatoms. The van der Waals surface area contributed by atoms with Gasteiger partial charge >= 0.3 is 0 Å². The topological polar surface area (TPSA) is 71.7 Å². The number of hydrogen-bond donors (Lipinski definition) is 3. The largest absolute Gasteiger partial charge is 0.383 e. The molecule has 1 unspecified atom stereocenters. The summed E-state index contributed by atoms with van der Waals surface area (Å²) in [4.78, 5) is 4.30. The fourth-order valence-corrected chi connectivity index (χ4v) is 1.48. The summed E-state index contributed by atoms with van der Waals surface area (Å²) < 4.78 is 5.00. The Morgan fingerprint density at radius 1 is 1.60 bits per heavy atom. The summed E-state index contributed by atoms with van der Waals surface area (Å²) in [7, 11) is 1.67. The van der Waals surface area contributed by atoms with Crippen molar-refractivity contribution in [3.63, 3.8) is 0 Å². The van der Waals surface area contributed by atoms with Gasteiger partial charge in [0.1, 0.15) is 0 Å². The number of thioether (sulfide) groups is 1. The van der Waals surface area contributed by atoms with Crippen molar-refractivity contribution in [2.24, 2.45) is 10.8 Å². The highest BCUT2D eigenvalue weighted by atomic mass is 32.2. The van der Waals surface area contributed by atoms with Gasteiger partial charge in [-0.3, -0.25) is 10.4 Å². The monoisotopic (exact) mass is 234 g/mol. The number of hydrogen-bond acceptors (Lipinski definition) is 4. The summed E-state index contributed by atoms with van der Waals surface area (Å²) in [5.41, 5.74) is 2.54. The molecule has 0 aliphatic carbocycles. The summed E-state index contributed by atoms with van der Waals surface area (Å²) in [5.74, 6) is 7.09. The second-order valence-corrected chi connectivity index (χ2v) is 4.21. The molecule has 0 spiro atoms. The maximum absolute atomic E-state index is 5.34. The van der Waals surface area contributed by atoms with Gasteiger partial charge in [-0.1, -0.05) is 0 Å². The summed E-state index contributed by atoms with van der Waals surface area (Å²) in [6.45, 7) is 3.43. The van der Waals surface area contributed by atoms with Crippen LogP contribution in [0.4, 0.5) is 0 Å². The highest BCUT2D eigenvalue weighted by Crippen LogP contribution is 1.95. The minimum atomic E-state index is 0.199. The van der Waals surface area contributed by atoms with Gasteiger partial charge < -0.3 is 10.1 Å². The maximum atomic E-state index is 5.34. The van der Waals surface area contributed by atoms with E-state index in [0.717, 1.165) is 18.7 Å². The lowest BCUT2D eigenvalue weighted by Gasteiger charge is -2.15. The number of ether oxygens (including phenoxy) is 1. The Balaban J connectivity index is 3.78. The van der Waals surface area contributed by atoms with Crippen molar-refractivity contribution in [1.82, 2.24) is 10.7 Å². The van der Waals surface area contributed by atoms with E-state index >= 15 is 0 Å². The third kappa shape index (κ3) is 8.53. The fourth-order valence-electron chi connectivity index (χ4n) is 1.06. The summed E-state index contributed by atoms with van der Waals surface area (Å²) in [6.07, 6.45) is 3.15. The third-order valence-electron chi connectivity index (χ3n) is 1.71. The number of aliphatic imine (C=N–C) groups is 1. The van der Waals surface area contributed by atoms with Crippen molar-refractivity contribution in [3.8, 4) is 0 Å². The smallest absolute Gasteiger partial charge is 0.206 e. The van der Waals surface area contributed by atoms with Crippen LogP contribution in [0.2, 0.25) is 0 Å². The van der Waals surface area contributed by atoms with Gasteiger partial charge in [0.2, 0.25) is 5.96 Å². The normalized spacial score (nSPS) is 13.7. The van der Waals surface area contributed by atoms with Gasteiger partial charge in [0, 0.05) is 19.7 Å².